The molecule has 3 rings (SSSR count). The number of rotatable bonds is 2. The van der Waals surface area contributed by atoms with Gasteiger partial charge in [-0.15, -0.1) is 4.67 Å². The van der Waals surface area contributed by atoms with E-state index < -0.39 is 0 Å². The van der Waals surface area contributed by atoms with E-state index in [1.165, 1.54) is 36.8 Å². The molecule has 0 amide bonds. The summed E-state index contributed by atoms with van der Waals surface area (Å²) in [5.74, 6) is 2.28. The van der Waals surface area contributed by atoms with Crippen LogP contribution in [0.5, 0.6) is 5.75 Å². The van der Waals surface area contributed by atoms with Crippen molar-refractivity contribution < 1.29 is 4.74 Å². The zero-order valence-electron chi connectivity index (χ0n) is 14.4. The SMILES string of the molecule is COc1ccc2c(c1)[C@]1(C)CCCC[C@@H]1C(C=[N+]=C(C)C)C2. The Morgan fingerprint density at radius 2 is 2.14 bits per heavy atom. The van der Waals surface area contributed by atoms with Gasteiger partial charge in [-0.2, -0.15) is 0 Å². The highest BCUT2D eigenvalue weighted by Crippen LogP contribution is 2.52. The first-order valence-electron chi connectivity index (χ1n) is 8.56. The molecule has 0 bridgehead atoms. The minimum atomic E-state index is 0.276. The lowest BCUT2D eigenvalue weighted by Gasteiger charge is -2.48. The van der Waals surface area contributed by atoms with Crippen LogP contribution in [0.3, 0.4) is 0 Å². The Kier molecular flexibility index (Phi) is 4.14. The molecule has 0 spiro atoms. The van der Waals surface area contributed by atoms with Gasteiger partial charge < -0.3 is 4.74 Å². The molecule has 0 radical (unpaired) electrons. The quantitative estimate of drug-likeness (QED) is 0.599. The van der Waals surface area contributed by atoms with Gasteiger partial charge in [0.05, 0.1) is 13.0 Å². The van der Waals surface area contributed by atoms with Crippen LogP contribution in [0.15, 0.2) is 18.2 Å². The summed E-state index contributed by atoms with van der Waals surface area (Å²) in [6.07, 6.45) is 8.67. The van der Waals surface area contributed by atoms with Crippen molar-refractivity contribution in [1.29, 1.82) is 0 Å². The lowest BCUT2D eigenvalue weighted by molar-refractivity contribution is 0.151. The van der Waals surface area contributed by atoms with E-state index in [9.17, 15) is 0 Å². The molecule has 118 valence electrons. The molecule has 2 aliphatic carbocycles. The third-order valence-electron chi connectivity index (χ3n) is 5.71. The highest BCUT2D eigenvalue weighted by Gasteiger charge is 2.47. The third kappa shape index (κ3) is 2.61. The summed E-state index contributed by atoms with van der Waals surface area (Å²) in [5, 5.41) is 0. The van der Waals surface area contributed by atoms with E-state index in [2.05, 4.69) is 49.9 Å². The number of ether oxygens (including phenoxy) is 1. The van der Waals surface area contributed by atoms with E-state index in [1.54, 1.807) is 7.11 Å². The van der Waals surface area contributed by atoms with Crippen molar-refractivity contribution >= 4 is 11.9 Å². The van der Waals surface area contributed by atoms with E-state index in [1.807, 2.05) is 0 Å². The second-order valence-electron chi connectivity index (χ2n) is 7.39. The minimum Gasteiger partial charge on any atom is -0.497 e. The first-order chi connectivity index (χ1) is 10.5. The van der Waals surface area contributed by atoms with Crippen molar-refractivity contribution in [3.05, 3.63) is 29.3 Å². The molecule has 3 atom stereocenters. The molecule has 0 aromatic heterocycles. The van der Waals surface area contributed by atoms with Crippen molar-refractivity contribution in [2.75, 3.05) is 7.11 Å². The van der Waals surface area contributed by atoms with Crippen LogP contribution in [-0.4, -0.2) is 19.0 Å². The number of nitrogens with zero attached hydrogens (tertiary/aromatic N) is 1. The largest absolute Gasteiger partial charge is 0.497 e. The fraction of sp³-hybridized carbons (Fsp3) is 0.600. The van der Waals surface area contributed by atoms with Gasteiger partial charge in [0.2, 0.25) is 0 Å². The summed E-state index contributed by atoms with van der Waals surface area (Å²) < 4.78 is 10.1. The topological polar surface area (TPSA) is 23.3 Å². The van der Waals surface area contributed by atoms with Gasteiger partial charge in [-0.05, 0) is 53.9 Å². The molecule has 1 aromatic rings. The molecule has 0 heterocycles. The molecule has 1 unspecified atom stereocenters. The normalized spacial score (nSPS) is 29.8. The fourth-order valence-electron chi connectivity index (χ4n) is 4.57. The molecule has 2 nitrogen and oxygen atoms in total. The van der Waals surface area contributed by atoms with E-state index in [-0.39, 0.29) is 5.41 Å². The van der Waals surface area contributed by atoms with Crippen LogP contribution < -0.4 is 9.40 Å². The molecule has 1 fully saturated rings. The lowest BCUT2D eigenvalue weighted by atomic mass is 9.55. The van der Waals surface area contributed by atoms with Crippen molar-refractivity contribution in [1.82, 2.24) is 4.67 Å². The Labute approximate surface area is 134 Å². The highest BCUT2D eigenvalue weighted by molar-refractivity contribution is 5.82. The van der Waals surface area contributed by atoms with Crippen molar-refractivity contribution in [2.45, 2.75) is 58.3 Å². The average Bonchev–Trinajstić information content (AvgIpc) is 2.52. The standard InChI is InChI=1S/C20H28NO/c1-14(2)21-13-16-11-15-8-9-17(22-4)12-19(15)20(3)10-6-5-7-18(16)20/h8-9,12-13,16,18H,5-7,10-11H2,1-4H3/q+1/t16?,18-,20-/m1/s1. The first-order valence-corrected chi connectivity index (χ1v) is 8.56. The van der Waals surface area contributed by atoms with Gasteiger partial charge >= 0.3 is 0 Å². The van der Waals surface area contributed by atoms with Gasteiger partial charge in [0.15, 0.2) is 0 Å². The lowest BCUT2D eigenvalue weighted by Crippen LogP contribution is -2.45. The van der Waals surface area contributed by atoms with Crippen molar-refractivity contribution in [2.24, 2.45) is 11.8 Å². The zero-order chi connectivity index (χ0) is 15.7. The van der Waals surface area contributed by atoms with Gasteiger partial charge in [0, 0.05) is 13.8 Å². The monoisotopic (exact) mass is 298 g/mol. The maximum absolute atomic E-state index is 5.48. The van der Waals surface area contributed by atoms with Crippen LogP contribution >= 0.6 is 0 Å². The molecule has 1 saturated carbocycles. The summed E-state index contributed by atoms with van der Waals surface area (Å²) in [5.41, 5.74) is 4.45. The van der Waals surface area contributed by atoms with Crippen molar-refractivity contribution in [3.8, 4) is 5.75 Å². The second-order valence-corrected chi connectivity index (χ2v) is 7.39. The summed E-state index contributed by atoms with van der Waals surface area (Å²) in [4.78, 5) is 0. The number of fused-ring (bicyclic) bond motifs is 3. The highest BCUT2D eigenvalue weighted by atomic mass is 16.5. The predicted molar refractivity (Wildman–Crippen MR) is 94.1 cm³/mol. The third-order valence-corrected chi connectivity index (χ3v) is 5.71. The van der Waals surface area contributed by atoms with E-state index in [4.69, 9.17) is 4.74 Å². The Balaban J connectivity index is 2.08. The molecule has 2 heteroatoms. The van der Waals surface area contributed by atoms with E-state index >= 15 is 0 Å². The maximum atomic E-state index is 5.48. The molecule has 22 heavy (non-hydrogen) atoms. The zero-order valence-corrected chi connectivity index (χ0v) is 14.4. The molecule has 2 aliphatic rings. The number of benzene rings is 1. The van der Waals surface area contributed by atoms with E-state index in [0.29, 0.717) is 11.8 Å². The minimum absolute atomic E-state index is 0.276. The molecule has 0 saturated heterocycles. The Hall–Kier alpha value is -1.53. The summed E-state index contributed by atoms with van der Waals surface area (Å²) in [7, 11) is 1.76. The van der Waals surface area contributed by atoms with Crippen LogP contribution in [0, 0.1) is 11.8 Å². The van der Waals surface area contributed by atoms with Gasteiger partial charge in [0.25, 0.3) is 11.9 Å². The smallest absolute Gasteiger partial charge is 0.274 e. The molecule has 0 aliphatic heterocycles. The molecular formula is C20H28NO+. The van der Waals surface area contributed by atoms with Gasteiger partial charge in [-0.25, -0.2) is 0 Å². The summed E-state index contributed by atoms with van der Waals surface area (Å²) in [6.45, 7) is 6.63. The van der Waals surface area contributed by atoms with Crippen LogP contribution in [0.2, 0.25) is 0 Å². The Bertz CT molecular complexity index is 623. The van der Waals surface area contributed by atoms with Crippen LogP contribution in [0.25, 0.3) is 0 Å². The van der Waals surface area contributed by atoms with Crippen LogP contribution in [0.4, 0.5) is 0 Å². The van der Waals surface area contributed by atoms with Gasteiger partial charge in [-0.1, -0.05) is 25.8 Å². The first kappa shape index (κ1) is 15.4. The number of hydrogen-bond acceptors (Lipinski definition) is 1. The van der Waals surface area contributed by atoms with Crippen LogP contribution in [0.1, 0.15) is 57.6 Å². The summed E-state index contributed by atoms with van der Waals surface area (Å²) >= 11 is 0. The number of methoxy groups -OCH3 is 1. The molecular weight excluding hydrogens is 270 g/mol. The second kappa shape index (κ2) is 5.93. The summed E-state index contributed by atoms with van der Waals surface area (Å²) in [6, 6.07) is 6.67. The average molecular weight is 298 g/mol. The van der Waals surface area contributed by atoms with Gasteiger partial charge in [0.1, 0.15) is 5.75 Å². The van der Waals surface area contributed by atoms with E-state index in [0.717, 1.165) is 17.9 Å². The van der Waals surface area contributed by atoms with Crippen LogP contribution in [-0.2, 0) is 11.8 Å². The molecule has 1 aromatic carbocycles. The maximum Gasteiger partial charge on any atom is 0.274 e. The predicted octanol–water partition coefficient (Wildman–Crippen LogP) is 3.93. The van der Waals surface area contributed by atoms with Crippen molar-refractivity contribution in [3.63, 3.8) is 0 Å². The molecule has 0 N–H and O–H groups in total. The Morgan fingerprint density at radius 3 is 2.86 bits per heavy atom. The fourth-order valence-corrected chi connectivity index (χ4v) is 4.57. The number of hydrogen-bond donors (Lipinski definition) is 0. The van der Waals surface area contributed by atoms with Gasteiger partial charge in [-0.3, -0.25) is 0 Å². The Morgan fingerprint density at radius 1 is 1.32 bits per heavy atom.